The van der Waals surface area contributed by atoms with Crippen LogP contribution in [0.1, 0.15) is 26.4 Å². The maximum Gasteiger partial charge on any atom is 0.0906 e. The van der Waals surface area contributed by atoms with Gasteiger partial charge in [-0.05, 0) is 11.6 Å². The molecule has 2 rings (SSSR count). The van der Waals surface area contributed by atoms with Crippen LogP contribution in [0.2, 0.25) is 0 Å². The van der Waals surface area contributed by atoms with Crippen LogP contribution < -0.4 is 15.3 Å². The lowest BCUT2D eigenvalue weighted by atomic mass is 9.98. The summed E-state index contributed by atoms with van der Waals surface area (Å²) in [5.74, 6) is -5.09. The minimum atomic E-state index is -1.77. The molecule has 2 aromatic rings. The molecule has 0 radical (unpaired) electrons. The number of hydrogen-bond acceptors (Lipinski definition) is 7. The number of aromatic nitrogens is 1. The van der Waals surface area contributed by atoms with Gasteiger partial charge in [-0.1, -0.05) is 18.2 Å². The van der Waals surface area contributed by atoms with Crippen LogP contribution in [0.3, 0.4) is 0 Å². The summed E-state index contributed by atoms with van der Waals surface area (Å²) in [5.41, 5.74) is -1.68. The first-order valence-corrected chi connectivity index (χ1v) is 5.46. The Morgan fingerprint density at radius 2 is 1.65 bits per heavy atom. The van der Waals surface area contributed by atoms with Gasteiger partial charge in [0.15, 0.2) is 0 Å². The number of pyridine rings is 1. The van der Waals surface area contributed by atoms with Crippen LogP contribution in [0.15, 0.2) is 24.3 Å². The van der Waals surface area contributed by atoms with Crippen LogP contribution in [-0.2, 0) is 11.2 Å². The Kier molecular flexibility index (Phi) is 3.34. The summed E-state index contributed by atoms with van der Waals surface area (Å²) in [6.45, 7) is 0. The number of aliphatic carboxylic acids is 1. The molecule has 0 atom stereocenters. The second kappa shape index (κ2) is 4.96. The lowest BCUT2D eigenvalue weighted by Crippen LogP contribution is -2.33. The van der Waals surface area contributed by atoms with Gasteiger partial charge in [-0.25, -0.2) is 4.98 Å². The Morgan fingerprint density at radius 1 is 1.00 bits per heavy atom. The van der Waals surface area contributed by atoms with E-state index in [4.69, 9.17) is 0 Å². The van der Waals surface area contributed by atoms with Gasteiger partial charge in [0.05, 0.1) is 23.1 Å². The molecule has 7 nitrogen and oxygen atoms in total. The molecule has 0 amide bonds. The SMILES string of the molecule is O=C([O-])Cc1c(C(=O)[O-])nc2ccccc2c1C(=O)[O-]. The lowest BCUT2D eigenvalue weighted by molar-refractivity contribution is -0.304. The van der Waals surface area contributed by atoms with E-state index in [0.717, 1.165) is 0 Å². The Hall–Kier alpha value is -2.96. The maximum absolute atomic E-state index is 11.2. The van der Waals surface area contributed by atoms with Crippen molar-refractivity contribution in [2.45, 2.75) is 6.42 Å². The molecular weight excluding hydrogens is 266 g/mol. The molecule has 20 heavy (non-hydrogen) atoms. The van der Waals surface area contributed by atoms with Crippen molar-refractivity contribution in [3.63, 3.8) is 0 Å². The first-order chi connectivity index (χ1) is 9.41. The molecule has 0 spiro atoms. The molecule has 0 N–H and O–H groups in total. The standard InChI is InChI=1S/C13H9NO6/c15-9(16)5-7-10(12(17)18)6-3-1-2-4-8(6)14-11(7)13(19)20/h1-4H,5H2,(H,15,16)(H,17,18)(H,19,20)/p-3. The van der Waals surface area contributed by atoms with Crippen LogP contribution in [0.25, 0.3) is 10.9 Å². The van der Waals surface area contributed by atoms with E-state index in [-0.39, 0.29) is 10.9 Å². The van der Waals surface area contributed by atoms with Crippen molar-refractivity contribution in [3.05, 3.63) is 41.1 Å². The highest BCUT2D eigenvalue weighted by atomic mass is 16.4. The van der Waals surface area contributed by atoms with Gasteiger partial charge in [0, 0.05) is 23.3 Å². The zero-order chi connectivity index (χ0) is 14.9. The number of fused-ring (bicyclic) bond motifs is 1. The molecule has 0 unspecified atom stereocenters. The van der Waals surface area contributed by atoms with Crippen LogP contribution in [0, 0.1) is 0 Å². The molecule has 0 saturated carbocycles. The summed E-state index contributed by atoms with van der Waals surface area (Å²) >= 11 is 0. The first-order valence-electron chi connectivity index (χ1n) is 5.46. The minimum Gasteiger partial charge on any atom is -0.550 e. The highest BCUT2D eigenvalue weighted by molar-refractivity contribution is 6.06. The van der Waals surface area contributed by atoms with E-state index < -0.39 is 41.1 Å². The molecule has 102 valence electrons. The fraction of sp³-hybridized carbons (Fsp3) is 0.0769. The topological polar surface area (TPSA) is 133 Å². The van der Waals surface area contributed by atoms with E-state index in [1.807, 2.05) is 0 Å². The number of carbonyl (C=O) groups excluding carboxylic acids is 3. The first kappa shape index (κ1) is 13.5. The van der Waals surface area contributed by atoms with Crippen LogP contribution in [0.4, 0.5) is 0 Å². The van der Waals surface area contributed by atoms with Crippen LogP contribution >= 0.6 is 0 Å². The summed E-state index contributed by atoms with van der Waals surface area (Å²) in [6, 6.07) is 5.83. The number of benzene rings is 1. The molecule has 1 aromatic carbocycles. The van der Waals surface area contributed by atoms with Gasteiger partial charge in [-0.2, -0.15) is 0 Å². The number of nitrogens with zero attached hydrogens (tertiary/aromatic N) is 1. The maximum atomic E-state index is 11.2. The second-order valence-corrected chi connectivity index (χ2v) is 3.95. The predicted molar refractivity (Wildman–Crippen MR) is 59.1 cm³/mol. The van der Waals surface area contributed by atoms with Crippen molar-refractivity contribution in [3.8, 4) is 0 Å². The molecule has 1 aromatic heterocycles. The van der Waals surface area contributed by atoms with Gasteiger partial charge in [-0.15, -0.1) is 0 Å². The van der Waals surface area contributed by atoms with Crippen molar-refractivity contribution < 1.29 is 29.7 Å². The molecule has 0 saturated heterocycles. The minimum absolute atomic E-state index is 0.0907. The molecular formula is C13H6NO6-3. The number of aromatic carboxylic acids is 2. The van der Waals surface area contributed by atoms with Crippen LogP contribution in [0.5, 0.6) is 0 Å². The van der Waals surface area contributed by atoms with Gasteiger partial charge in [0.25, 0.3) is 0 Å². The monoisotopic (exact) mass is 272 g/mol. The quantitative estimate of drug-likeness (QED) is 0.589. The van der Waals surface area contributed by atoms with Gasteiger partial charge in [0.1, 0.15) is 0 Å². The highest BCUT2D eigenvalue weighted by Crippen LogP contribution is 2.23. The Labute approximate surface area is 112 Å². The summed E-state index contributed by atoms with van der Waals surface area (Å²) < 4.78 is 0. The van der Waals surface area contributed by atoms with E-state index >= 15 is 0 Å². The fourth-order valence-corrected chi connectivity index (χ4v) is 1.97. The normalized spacial score (nSPS) is 10.4. The largest absolute Gasteiger partial charge is 0.550 e. The van der Waals surface area contributed by atoms with Gasteiger partial charge in [-0.3, -0.25) is 0 Å². The molecule has 1 heterocycles. The number of carboxylic acids is 3. The third-order valence-electron chi connectivity index (χ3n) is 2.71. The molecule has 0 fully saturated rings. The zero-order valence-corrected chi connectivity index (χ0v) is 9.91. The third kappa shape index (κ3) is 2.28. The molecule has 0 bridgehead atoms. The fourth-order valence-electron chi connectivity index (χ4n) is 1.97. The molecule has 0 aliphatic rings. The average molecular weight is 272 g/mol. The van der Waals surface area contributed by atoms with Crippen LogP contribution in [-0.4, -0.2) is 22.9 Å². The number of para-hydroxylation sites is 1. The van der Waals surface area contributed by atoms with Gasteiger partial charge in [0.2, 0.25) is 0 Å². The van der Waals surface area contributed by atoms with E-state index in [2.05, 4.69) is 4.98 Å². The van der Waals surface area contributed by atoms with Crippen molar-refractivity contribution >= 4 is 28.8 Å². The summed E-state index contributed by atoms with van der Waals surface area (Å²) in [7, 11) is 0. The Balaban J connectivity index is 2.92. The van der Waals surface area contributed by atoms with E-state index in [1.54, 1.807) is 0 Å². The zero-order valence-electron chi connectivity index (χ0n) is 9.91. The van der Waals surface area contributed by atoms with Crippen molar-refractivity contribution in [1.29, 1.82) is 0 Å². The van der Waals surface area contributed by atoms with E-state index in [9.17, 15) is 29.7 Å². The summed E-state index contributed by atoms with van der Waals surface area (Å²) in [5, 5.41) is 33.0. The number of carboxylic acid groups (broad SMARTS) is 3. The van der Waals surface area contributed by atoms with E-state index in [0.29, 0.717) is 0 Å². The Bertz CT molecular complexity index is 737. The summed E-state index contributed by atoms with van der Waals surface area (Å²) in [4.78, 5) is 36.7. The van der Waals surface area contributed by atoms with E-state index in [1.165, 1.54) is 24.3 Å². The lowest BCUT2D eigenvalue weighted by Gasteiger charge is -2.18. The molecule has 0 aliphatic carbocycles. The number of carbonyl (C=O) groups is 3. The predicted octanol–water partition coefficient (Wildman–Crippen LogP) is -2.75. The van der Waals surface area contributed by atoms with Crippen molar-refractivity contribution in [2.75, 3.05) is 0 Å². The van der Waals surface area contributed by atoms with Gasteiger partial charge < -0.3 is 29.7 Å². The molecule has 0 aliphatic heterocycles. The van der Waals surface area contributed by atoms with Crippen molar-refractivity contribution in [2.24, 2.45) is 0 Å². The number of hydrogen-bond donors (Lipinski definition) is 0. The van der Waals surface area contributed by atoms with Gasteiger partial charge >= 0.3 is 0 Å². The summed E-state index contributed by atoms with van der Waals surface area (Å²) in [6.07, 6.45) is -0.912. The Morgan fingerprint density at radius 3 is 2.20 bits per heavy atom. The smallest absolute Gasteiger partial charge is 0.0906 e. The highest BCUT2D eigenvalue weighted by Gasteiger charge is 2.16. The second-order valence-electron chi connectivity index (χ2n) is 3.95. The molecule has 7 heteroatoms. The van der Waals surface area contributed by atoms with Crippen molar-refractivity contribution in [1.82, 2.24) is 4.98 Å². The average Bonchev–Trinajstić information content (AvgIpc) is 2.36. The number of rotatable bonds is 4. The third-order valence-corrected chi connectivity index (χ3v) is 2.71.